The van der Waals surface area contributed by atoms with Gasteiger partial charge >= 0.3 is 5.97 Å². The second-order valence-corrected chi connectivity index (χ2v) is 7.43. The molecular weight excluding hydrogens is 362 g/mol. The highest BCUT2D eigenvalue weighted by molar-refractivity contribution is 5.73. The smallest absolute Gasteiger partial charge is 0.308 e. The van der Waals surface area contributed by atoms with E-state index in [0.717, 1.165) is 29.0 Å². The predicted molar refractivity (Wildman–Crippen MR) is 99.2 cm³/mol. The van der Waals surface area contributed by atoms with Crippen molar-refractivity contribution in [1.82, 2.24) is 4.90 Å². The molecule has 0 fully saturated rings. The molecule has 3 heterocycles. The predicted octanol–water partition coefficient (Wildman–Crippen LogP) is 2.88. The van der Waals surface area contributed by atoms with E-state index in [9.17, 15) is 9.90 Å². The third-order valence-corrected chi connectivity index (χ3v) is 5.97. The summed E-state index contributed by atoms with van der Waals surface area (Å²) < 4.78 is 21.9. The number of benzene rings is 2. The number of fused-ring (bicyclic) bond motifs is 7. The van der Waals surface area contributed by atoms with Crippen molar-refractivity contribution in [1.29, 1.82) is 0 Å². The van der Waals surface area contributed by atoms with E-state index in [-0.39, 0.29) is 30.4 Å². The molecule has 0 amide bonds. The molecule has 0 saturated heterocycles. The minimum atomic E-state index is -0.474. The SMILES string of the molecule is COc1cc2c(c(OC(C)=O)c1O)C[C@H]1c3cc4c(cc3C[C@@H]2N1C)OCO4. The summed E-state index contributed by atoms with van der Waals surface area (Å²) in [6, 6.07) is 6.13. The molecule has 0 radical (unpaired) electrons. The number of carbonyl (C=O) groups is 1. The van der Waals surface area contributed by atoms with Gasteiger partial charge in [-0.05, 0) is 54.8 Å². The Morgan fingerprint density at radius 3 is 2.57 bits per heavy atom. The van der Waals surface area contributed by atoms with E-state index < -0.39 is 5.97 Å². The summed E-state index contributed by atoms with van der Waals surface area (Å²) in [4.78, 5) is 14.0. The van der Waals surface area contributed by atoms with Gasteiger partial charge in [-0.25, -0.2) is 0 Å². The number of nitrogens with zero attached hydrogens (tertiary/aromatic N) is 1. The van der Waals surface area contributed by atoms with Crippen molar-refractivity contribution >= 4 is 5.97 Å². The Hall–Kier alpha value is -2.93. The molecule has 1 N–H and O–H groups in total. The van der Waals surface area contributed by atoms with E-state index in [2.05, 4.69) is 24.1 Å². The molecule has 2 bridgehead atoms. The maximum atomic E-state index is 11.7. The molecule has 7 heteroatoms. The van der Waals surface area contributed by atoms with Crippen molar-refractivity contribution in [2.24, 2.45) is 0 Å². The summed E-state index contributed by atoms with van der Waals surface area (Å²) in [6.45, 7) is 1.57. The first-order valence-electron chi connectivity index (χ1n) is 9.23. The van der Waals surface area contributed by atoms with Crippen LogP contribution in [0.3, 0.4) is 0 Å². The summed E-state index contributed by atoms with van der Waals surface area (Å²) in [5.74, 6) is 1.44. The lowest BCUT2D eigenvalue weighted by Gasteiger charge is -2.46. The van der Waals surface area contributed by atoms with E-state index in [0.29, 0.717) is 12.2 Å². The maximum absolute atomic E-state index is 11.7. The number of rotatable bonds is 2. The maximum Gasteiger partial charge on any atom is 0.308 e. The molecule has 2 aromatic rings. The number of methoxy groups -OCH3 is 1. The highest BCUT2D eigenvalue weighted by atomic mass is 16.7. The molecule has 0 unspecified atom stereocenters. The Morgan fingerprint density at radius 2 is 1.86 bits per heavy atom. The zero-order valence-corrected chi connectivity index (χ0v) is 15.9. The van der Waals surface area contributed by atoms with Gasteiger partial charge in [-0.15, -0.1) is 0 Å². The Kier molecular flexibility index (Phi) is 3.71. The number of ether oxygens (including phenoxy) is 4. The molecule has 0 saturated carbocycles. The fourth-order valence-electron chi connectivity index (χ4n) is 4.65. The van der Waals surface area contributed by atoms with E-state index in [1.54, 1.807) is 0 Å². The van der Waals surface area contributed by atoms with Gasteiger partial charge in [-0.2, -0.15) is 0 Å². The van der Waals surface area contributed by atoms with Crippen LogP contribution in [0.25, 0.3) is 0 Å². The van der Waals surface area contributed by atoms with Gasteiger partial charge in [-0.1, -0.05) is 0 Å². The first kappa shape index (κ1) is 17.2. The quantitative estimate of drug-likeness (QED) is 0.631. The third kappa shape index (κ3) is 2.36. The number of hydrogen-bond acceptors (Lipinski definition) is 7. The van der Waals surface area contributed by atoms with Crippen LogP contribution in [-0.4, -0.2) is 36.9 Å². The molecule has 7 nitrogen and oxygen atoms in total. The number of esters is 1. The summed E-state index contributed by atoms with van der Waals surface area (Å²) in [5.41, 5.74) is 4.26. The lowest BCUT2D eigenvalue weighted by atomic mass is 9.76. The average Bonchev–Trinajstić information content (AvgIpc) is 3.11. The zero-order valence-electron chi connectivity index (χ0n) is 15.9. The highest BCUT2D eigenvalue weighted by Gasteiger charge is 2.42. The molecule has 28 heavy (non-hydrogen) atoms. The molecule has 146 valence electrons. The van der Waals surface area contributed by atoms with Crippen LogP contribution in [-0.2, 0) is 17.6 Å². The fourth-order valence-corrected chi connectivity index (χ4v) is 4.65. The molecule has 5 rings (SSSR count). The number of likely N-dealkylation sites (N-methyl/N-ethyl adjacent to an activating group) is 1. The lowest BCUT2D eigenvalue weighted by Crippen LogP contribution is -2.40. The Bertz CT molecular complexity index is 1000. The number of phenolic OH excluding ortho intramolecular Hbond substituents is 1. The summed E-state index contributed by atoms with van der Waals surface area (Å²) in [5, 5.41) is 10.6. The van der Waals surface area contributed by atoms with Crippen LogP contribution in [0.15, 0.2) is 18.2 Å². The van der Waals surface area contributed by atoms with Crippen LogP contribution in [0.5, 0.6) is 28.7 Å². The van der Waals surface area contributed by atoms with E-state index in [1.807, 2.05) is 6.07 Å². The lowest BCUT2D eigenvalue weighted by molar-refractivity contribution is -0.132. The minimum Gasteiger partial charge on any atom is -0.502 e. The molecule has 2 atom stereocenters. The zero-order chi connectivity index (χ0) is 19.6. The highest BCUT2D eigenvalue weighted by Crippen LogP contribution is 2.54. The first-order chi connectivity index (χ1) is 13.5. The van der Waals surface area contributed by atoms with Crippen molar-refractivity contribution in [3.05, 3.63) is 40.5 Å². The second-order valence-electron chi connectivity index (χ2n) is 7.43. The summed E-state index contributed by atoms with van der Waals surface area (Å²) in [6.07, 6.45) is 1.38. The standard InChI is InChI=1S/C21H21NO6/c1-10(23)28-21-14-6-16-12-7-18-17(26-9-27-18)5-11(12)4-15(22(16)2)13(14)8-19(25-3)20(21)24/h5,7-8,15-16,24H,4,6,9H2,1-3H3/t15-,16-/m0/s1. The topological polar surface area (TPSA) is 77.5 Å². The normalized spacial score (nSPS) is 21.7. The van der Waals surface area contributed by atoms with Crippen molar-refractivity contribution in [3.63, 3.8) is 0 Å². The van der Waals surface area contributed by atoms with Gasteiger partial charge in [0.1, 0.15) is 0 Å². The molecule has 0 aromatic heterocycles. The van der Waals surface area contributed by atoms with E-state index >= 15 is 0 Å². The van der Waals surface area contributed by atoms with Crippen LogP contribution >= 0.6 is 0 Å². The molecule has 2 aromatic carbocycles. The fraction of sp³-hybridized carbons (Fsp3) is 0.381. The van der Waals surface area contributed by atoms with Crippen molar-refractivity contribution in [2.45, 2.75) is 31.8 Å². The molecule has 3 aliphatic rings. The Morgan fingerprint density at radius 1 is 1.14 bits per heavy atom. The van der Waals surface area contributed by atoms with Gasteiger partial charge in [0.05, 0.1) is 7.11 Å². The van der Waals surface area contributed by atoms with Crippen LogP contribution < -0.4 is 18.9 Å². The number of carbonyl (C=O) groups excluding carboxylic acids is 1. The van der Waals surface area contributed by atoms with Gasteiger partial charge in [0.25, 0.3) is 0 Å². The molecule has 0 aliphatic carbocycles. The largest absolute Gasteiger partial charge is 0.502 e. The Labute approximate surface area is 162 Å². The van der Waals surface area contributed by atoms with Gasteiger partial charge in [-0.3, -0.25) is 9.69 Å². The van der Waals surface area contributed by atoms with E-state index in [4.69, 9.17) is 18.9 Å². The van der Waals surface area contributed by atoms with Gasteiger partial charge in [0.15, 0.2) is 23.0 Å². The average molecular weight is 383 g/mol. The van der Waals surface area contributed by atoms with E-state index in [1.165, 1.54) is 25.2 Å². The van der Waals surface area contributed by atoms with Gasteiger partial charge < -0.3 is 24.1 Å². The second kappa shape index (κ2) is 6.04. The third-order valence-electron chi connectivity index (χ3n) is 5.97. The number of phenols is 1. The van der Waals surface area contributed by atoms with Crippen LogP contribution in [0, 0.1) is 0 Å². The van der Waals surface area contributed by atoms with Gasteiger partial charge in [0, 0.05) is 24.6 Å². The minimum absolute atomic E-state index is 0.0745. The van der Waals surface area contributed by atoms with Crippen molar-refractivity contribution < 1.29 is 28.8 Å². The van der Waals surface area contributed by atoms with Crippen molar-refractivity contribution in [2.75, 3.05) is 21.0 Å². The number of aromatic hydroxyl groups is 1. The Balaban J connectivity index is 1.68. The van der Waals surface area contributed by atoms with Crippen LogP contribution in [0.4, 0.5) is 0 Å². The molecule has 3 aliphatic heterocycles. The number of hydrogen-bond donors (Lipinski definition) is 1. The molecule has 0 spiro atoms. The monoisotopic (exact) mass is 383 g/mol. The first-order valence-corrected chi connectivity index (χ1v) is 9.23. The van der Waals surface area contributed by atoms with Crippen molar-refractivity contribution in [3.8, 4) is 28.7 Å². The summed E-state index contributed by atoms with van der Waals surface area (Å²) >= 11 is 0. The van der Waals surface area contributed by atoms with Gasteiger partial charge in [0.2, 0.25) is 12.5 Å². The molecular formula is C21H21NO6. The van der Waals surface area contributed by atoms with Crippen LogP contribution in [0.2, 0.25) is 0 Å². The summed E-state index contributed by atoms with van der Waals surface area (Å²) in [7, 11) is 3.59. The van der Waals surface area contributed by atoms with Crippen LogP contribution in [0.1, 0.15) is 41.3 Å².